The molecule has 0 bridgehead atoms. The zero-order valence-corrected chi connectivity index (χ0v) is 14.9. The van der Waals surface area contributed by atoms with Gasteiger partial charge in [0.15, 0.2) is 0 Å². The van der Waals surface area contributed by atoms with Gasteiger partial charge in [0.1, 0.15) is 5.75 Å². The topological polar surface area (TPSA) is 40.8 Å². The number of benzene rings is 2. The van der Waals surface area contributed by atoms with Crippen LogP contribution in [0.15, 0.2) is 51.7 Å². The zero-order chi connectivity index (χ0) is 15.3. The van der Waals surface area contributed by atoms with Crippen molar-refractivity contribution in [1.82, 2.24) is 9.97 Å². The molecule has 0 aliphatic carbocycles. The molecule has 0 saturated heterocycles. The predicted octanol–water partition coefficient (Wildman–Crippen LogP) is 5.85. The van der Waals surface area contributed by atoms with Gasteiger partial charge in [-0.05, 0) is 51.8 Å². The third-order valence-corrected chi connectivity index (χ3v) is 5.02. The smallest absolute Gasteiger partial charge is 0.142 e. The number of aromatic nitrogens is 2. The van der Waals surface area contributed by atoms with Crippen molar-refractivity contribution in [1.29, 1.82) is 0 Å². The first-order valence-corrected chi connectivity index (χ1v) is 8.38. The molecule has 110 valence electrons. The van der Waals surface area contributed by atoms with Crippen molar-refractivity contribution in [3.63, 3.8) is 0 Å². The number of hydrogen-bond donors (Lipinski definition) is 2. The summed E-state index contributed by atoms with van der Waals surface area (Å²) in [5.41, 5.74) is 4.45. The Morgan fingerprint density at radius 2 is 1.82 bits per heavy atom. The number of nitrogens with one attached hydrogen (secondary N) is 2. The number of hydrogen-bond acceptors (Lipinski definition) is 1. The summed E-state index contributed by atoms with van der Waals surface area (Å²) in [5, 5.41) is 2.31. The Hall–Kier alpha value is -1.72. The van der Waals surface area contributed by atoms with Crippen LogP contribution in [0.2, 0.25) is 0 Å². The SMILES string of the molecule is COc1ccc(-c2c[nH]c3ccc(Br)cc23)c2c(Br)c[nH]c12. The number of halogens is 2. The van der Waals surface area contributed by atoms with Crippen LogP contribution in [0.25, 0.3) is 32.9 Å². The van der Waals surface area contributed by atoms with Gasteiger partial charge in [-0.25, -0.2) is 0 Å². The van der Waals surface area contributed by atoms with Crippen LogP contribution in [0.3, 0.4) is 0 Å². The fourth-order valence-corrected chi connectivity index (χ4v) is 3.78. The van der Waals surface area contributed by atoms with E-state index in [1.807, 2.05) is 18.3 Å². The largest absolute Gasteiger partial charge is 0.495 e. The van der Waals surface area contributed by atoms with E-state index in [9.17, 15) is 0 Å². The number of ether oxygens (including phenoxy) is 1. The molecule has 0 amide bonds. The summed E-state index contributed by atoms with van der Waals surface area (Å²) in [6.45, 7) is 0. The van der Waals surface area contributed by atoms with Gasteiger partial charge in [0.25, 0.3) is 0 Å². The lowest BCUT2D eigenvalue weighted by Gasteiger charge is -2.07. The number of rotatable bonds is 2. The molecule has 2 aromatic carbocycles. The molecule has 5 heteroatoms. The predicted molar refractivity (Wildman–Crippen MR) is 97.5 cm³/mol. The third-order valence-electron chi connectivity index (χ3n) is 3.90. The maximum Gasteiger partial charge on any atom is 0.142 e. The summed E-state index contributed by atoms with van der Waals surface area (Å²) in [6.07, 6.45) is 4.00. The van der Waals surface area contributed by atoms with E-state index in [1.54, 1.807) is 7.11 Å². The van der Waals surface area contributed by atoms with E-state index in [0.717, 1.165) is 36.7 Å². The Labute approximate surface area is 143 Å². The van der Waals surface area contributed by atoms with Gasteiger partial charge in [-0.2, -0.15) is 0 Å². The minimum absolute atomic E-state index is 0.838. The van der Waals surface area contributed by atoms with Crippen molar-refractivity contribution in [2.45, 2.75) is 0 Å². The lowest BCUT2D eigenvalue weighted by molar-refractivity contribution is 0.419. The van der Waals surface area contributed by atoms with Crippen molar-refractivity contribution in [2.75, 3.05) is 7.11 Å². The lowest BCUT2D eigenvalue weighted by Crippen LogP contribution is -1.86. The highest BCUT2D eigenvalue weighted by atomic mass is 79.9. The molecule has 2 heterocycles. The minimum Gasteiger partial charge on any atom is -0.495 e. The van der Waals surface area contributed by atoms with Gasteiger partial charge >= 0.3 is 0 Å². The molecule has 4 aromatic rings. The quantitative estimate of drug-likeness (QED) is 0.420. The Morgan fingerprint density at radius 1 is 0.955 bits per heavy atom. The first kappa shape index (κ1) is 13.9. The van der Waals surface area contributed by atoms with Gasteiger partial charge < -0.3 is 14.7 Å². The molecule has 0 saturated carbocycles. The second-order valence-corrected chi connectivity index (χ2v) is 6.86. The fraction of sp³-hybridized carbons (Fsp3) is 0.0588. The molecule has 4 rings (SSSR count). The molecule has 2 N–H and O–H groups in total. The molecule has 0 aliphatic heterocycles. The Kier molecular flexibility index (Phi) is 3.27. The molecule has 22 heavy (non-hydrogen) atoms. The molecule has 0 fully saturated rings. The summed E-state index contributed by atoms with van der Waals surface area (Å²) in [4.78, 5) is 6.62. The van der Waals surface area contributed by atoms with E-state index in [-0.39, 0.29) is 0 Å². The molecule has 0 radical (unpaired) electrons. The van der Waals surface area contributed by atoms with Crippen LogP contribution in [-0.2, 0) is 0 Å². The summed E-state index contributed by atoms with van der Waals surface area (Å²) >= 11 is 7.19. The standard InChI is InChI=1S/C17H12Br2N2O/c1-22-15-5-3-10(16-13(19)8-21-17(15)16)12-7-20-14-4-2-9(18)6-11(12)14/h2-8,20-21H,1H3. The van der Waals surface area contributed by atoms with Crippen LogP contribution in [0, 0.1) is 0 Å². The number of fused-ring (bicyclic) bond motifs is 2. The van der Waals surface area contributed by atoms with Crippen LogP contribution in [0.1, 0.15) is 0 Å². The average Bonchev–Trinajstić information content (AvgIpc) is 3.11. The molecule has 0 aliphatic rings. The third kappa shape index (κ3) is 2.00. The first-order chi connectivity index (χ1) is 10.7. The van der Waals surface area contributed by atoms with E-state index < -0.39 is 0 Å². The van der Waals surface area contributed by atoms with Gasteiger partial charge in [-0.1, -0.05) is 15.9 Å². The van der Waals surface area contributed by atoms with Crippen LogP contribution in [0.5, 0.6) is 5.75 Å². The van der Waals surface area contributed by atoms with Crippen molar-refractivity contribution >= 4 is 53.7 Å². The highest BCUT2D eigenvalue weighted by molar-refractivity contribution is 9.11. The maximum atomic E-state index is 5.45. The first-order valence-electron chi connectivity index (χ1n) is 6.79. The van der Waals surface area contributed by atoms with Crippen LogP contribution in [0.4, 0.5) is 0 Å². The van der Waals surface area contributed by atoms with Crippen LogP contribution in [-0.4, -0.2) is 17.1 Å². The Balaban J connectivity index is 2.08. The minimum atomic E-state index is 0.838. The molecular formula is C17H12Br2N2O. The molecule has 0 atom stereocenters. The molecule has 0 unspecified atom stereocenters. The lowest BCUT2D eigenvalue weighted by atomic mass is 10.0. The highest BCUT2D eigenvalue weighted by Crippen LogP contribution is 2.41. The number of aromatic amines is 2. The van der Waals surface area contributed by atoms with Gasteiger partial charge in [-0.15, -0.1) is 0 Å². The van der Waals surface area contributed by atoms with E-state index in [1.165, 1.54) is 10.9 Å². The molecular weight excluding hydrogens is 408 g/mol. The van der Waals surface area contributed by atoms with E-state index in [4.69, 9.17) is 4.74 Å². The second kappa shape index (κ2) is 5.18. The fourth-order valence-electron chi connectivity index (χ4n) is 2.89. The Morgan fingerprint density at radius 3 is 2.64 bits per heavy atom. The highest BCUT2D eigenvalue weighted by Gasteiger charge is 2.15. The van der Waals surface area contributed by atoms with Crippen molar-refractivity contribution in [3.05, 3.63) is 51.7 Å². The monoisotopic (exact) mass is 418 g/mol. The van der Waals surface area contributed by atoms with Crippen molar-refractivity contribution in [3.8, 4) is 16.9 Å². The summed E-state index contributed by atoms with van der Waals surface area (Å²) in [6, 6.07) is 10.4. The van der Waals surface area contributed by atoms with E-state index in [2.05, 4.69) is 66.2 Å². The van der Waals surface area contributed by atoms with E-state index >= 15 is 0 Å². The van der Waals surface area contributed by atoms with Crippen LogP contribution < -0.4 is 4.74 Å². The van der Waals surface area contributed by atoms with Gasteiger partial charge in [0, 0.05) is 43.2 Å². The molecule has 2 aromatic heterocycles. The molecule has 0 spiro atoms. The van der Waals surface area contributed by atoms with Crippen LogP contribution >= 0.6 is 31.9 Å². The van der Waals surface area contributed by atoms with Crippen molar-refractivity contribution in [2.24, 2.45) is 0 Å². The zero-order valence-electron chi connectivity index (χ0n) is 11.7. The summed E-state index contributed by atoms with van der Waals surface area (Å²) in [5.74, 6) is 0.838. The van der Waals surface area contributed by atoms with E-state index in [0.29, 0.717) is 0 Å². The van der Waals surface area contributed by atoms with Crippen molar-refractivity contribution < 1.29 is 4.74 Å². The second-order valence-electron chi connectivity index (χ2n) is 5.09. The number of H-pyrrole nitrogens is 2. The Bertz CT molecular complexity index is 1000. The van der Waals surface area contributed by atoms with Gasteiger partial charge in [0.2, 0.25) is 0 Å². The van der Waals surface area contributed by atoms with Gasteiger partial charge in [-0.3, -0.25) is 0 Å². The molecule has 3 nitrogen and oxygen atoms in total. The van der Waals surface area contributed by atoms with Gasteiger partial charge in [0.05, 0.1) is 12.6 Å². The maximum absolute atomic E-state index is 5.45. The average molecular weight is 420 g/mol. The normalized spacial score (nSPS) is 11.4. The number of methoxy groups -OCH3 is 1. The summed E-state index contributed by atoms with van der Waals surface area (Å²) < 4.78 is 7.55. The summed E-state index contributed by atoms with van der Waals surface area (Å²) in [7, 11) is 1.69.